The van der Waals surface area contributed by atoms with Gasteiger partial charge in [-0.15, -0.1) is 11.3 Å². The molecule has 1 aliphatic heterocycles. The van der Waals surface area contributed by atoms with E-state index in [1.165, 1.54) is 11.1 Å². The van der Waals surface area contributed by atoms with E-state index < -0.39 is 5.60 Å². The molecule has 2 aromatic rings. The van der Waals surface area contributed by atoms with Gasteiger partial charge in [0, 0.05) is 23.9 Å². The molecule has 3 heteroatoms. The van der Waals surface area contributed by atoms with E-state index >= 15 is 0 Å². The predicted octanol–water partition coefficient (Wildman–Crippen LogP) is 3.18. The van der Waals surface area contributed by atoms with E-state index in [1.54, 1.807) is 11.3 Å². The molecule has 19 heavy (non-hydrogen) atoms. The number of likely N-dealkylation sites (N-methyl/N-ethyl adjacent to an activating group) is 1. The minimum Gasteiger partial charge on any atom is -0.384 e. The van der Waals surface area contributed by atoms with Gasteiger partial charge in [0.1, 0.15) is 5.60 Å². The van der Waals surface area contributed by atoms with Crippen LogP contribution in [-0.2, 0) is 12.1 Å². The third-order valence-electron chi connectivity index (χ3n) is 4.06. The van der Waals surface area contributed by atoms with Crippen LogP contribution in [0.2, 0.25) is 0 Å². The summed E-state index contributed by atoms with van der Waals surface area (Å²) in [6.45, 7) is 3.80. The molecular formula is C16H19NOS. The van der Waals surface area contributed by atoms with Crippen molar-refractivity contribution in [1.82, 2.24) is 4.90 Å². The van der Waals surface area contributed by atoms with Crippen LogP contribution in [0.4, 0.5) is 0 Å². The summed E-state index contributed by atoms with van der Waals surface area (Å²) in [4.78, 5) is 3.33. The van der Waals surface area contributed by atoms with Crippen molar-refractivity contribution in [1.29, 1.82) is 0 Å². The summed E-state index contributed by atoms with van der Waals surface area (Å²) >= 11 is 1.63. The van der Waals surface area contributed by atoms with Crippen molar-refractivity contribution in [3.05, 3.63) is 57.8 Å². The molecule has 1 aliphatic rings. The van der Waals surface area contributed by atoms with Gasteiger partial charge in [0.2, 0.25) is 0 Å². The first-order valence-electron chi connectivity index (χ1n) is 6.61. The van der Waals surface area contributed by atoms with E-state index in [0.717, 1.165) is 18.0 Å². The topological polar surface area (TPSA) is 23.5 Å². The van der Waals surface area contributed by atoms with E-state index in [9.17, 15) is 5.11 Å². The molecule has 0 saturated carbocycles. The van der Waals surface area contributed by atoms with Gasteiger partial charge < -0.3 is 10.0 Å². The molecule has 1 N–H and O–H groups in total. The number of fused-ring (bicyclic) bond motifs is 1. The largest absolute Gasteiger partial charge is 0.384 e. The molecule has 1 aromatic heterocycles. The lowest BCUT2D eigenvalue weighted by molar-refractivity contribution is 0.0131. The summed E-state index contributed by atoms with van der Waals surface area (Å²) in [5.41, 5.74) is 1.82. The quantitative estimate of drug-likeness (QED) is 0.908. The number of nitrogens with zero attached hydrogens (tertiary/aromatic N) is 1. The molecule has 2 unspecified atom stereocenters. The Labute approximate surface area is 118 Å². The zero-order valence-electron chi connectivity index (χ0n) is 11.3. The Balaban J connectivity index is 2.06. The van der Waals surface area contributed by atoms with Crippen molar-refractivity contribution in [2.45, 2.75) is 25.0 Å². The smallest absolute Gasteiger partial charge is 0.104 e. The fourth-order valence-corrected chi connectivity index (χ4v) is 3.84. The van der Waals surface area contributed by atoms with Gasteiger partial charge in [-0.25, -0.2) is 0 Å². The second kappa shape index (κ2) is 4.75. The Morgan fingerprint density at radius 3 is 2.79 bits per heavy atom. The van der Waals surface area contributed by atoms with Crippen molar-refractivity contribution < 1.29 is 5.11 Å². The molecule has 0 aliphatic carbocycles. The lowest BCUT2D eigenvalue weighted by atomic mass is 9.78. The highest BCUT2D eigenvalue weighted by molar-refractivity contribution is 7.10. The van der Waals surface area contributed by atoms with Gasteiger partial charge in [-0.1, -0.05) is 30.3 Å². The molecule has 2 atom stereocenters. The second-order valence-electron chi connectivity index (χ2n) is 5.57. The zero-order valence-corrected chi connectivity index (χ0v) is 12.2. The molecule has 0 bridgehead atoms. The number of thiophene rings is 1. The Morgan fingerprint density at radius 1 is 1.26 bits per heavy atom. The summed E-state index contributed by atoms with van der Waals surface area (Å²) in [7, 11) is 2.12. The Hall–Kier alpha value is -1.16. The third-order valence-corrected chi connectivity index (χ3v) is 5.16. The summed E-state index contributed by atoms with van der Waals surface area (Å²) in [5, 5.41) is 13.1. The first-order chi connectivity index (χ1) is 9.09. The second-order valence-corrected chi connectivity index (χ2v) is 6.52. The summed E-state index contributed by atoms with van der Waals surface area (Å²) in [6.07, 6.45) is 0. The SMILES string of the molecule is CN1Cc2ccccc2C(C(C)(O)c2cccs2)C1. The van der Waals surface area contributed by atoms with Gasteiger partial charge >= 0.3 is 0 Å². The number of rotatable bonds is 2. The fourth-order valence-electron chi connectivity index (χ4n) is 3.00. The van der Waals surface area contributed by atoms with Crippen molar-refractivity contribution in [3.8, 4) is 0 Å². The molecule has 100 valence electrons. The van der Waals surface area contributed by atoms with Crippen molar-refractivity contribution in [2.75, 3.05) is 13.6 Å². The van der Waals surface area contributed by atoms with Gasteiger partial charge in [0.05, 0.1) is 0 Å². The van der Waals surface area contributed by atoms with Gasteiger partial charge in [-0.2, -0.15) is 0 Å². The van der Waals surface area contributed by atoms with Crippen LogP contribution in [-0.4, -0.2) is 23.6 Å². The van der Waals surface area contributed by atoms with Crippen molar-refractivity contribution in [3.63, 3.8) is 0 Å². The number of benzene rings is 1. The maximum absolute atomic E-state index is 11.0. The minimum atomic E-state index is -0.807. The molecule has 2 heterocycles. The average molecular weight is 273 g/mol. The standard InChI is InChI=1S/C16H19NOS/c1-16(18,15-8-5-9-19-15)14-11-17(2)10-12-6-3-4-7-13(12)14/h3-9,14,18H,10-11H2,1-2H3. The molecule has 0 fully saturated rings. The molecule has 3 rings (SSSR count). The fraction of sp³-hybridized carbons (Fsp3) is 0.375. The monoisotopic (exact) mass is 273 g/mol. The van der Waals surface area contributed by atoms with Crippen LogP contribution in [0.15, 0.2) is 41.8 Å². The van der Waals surface area contributed by atoms with Gasteiger partial charge in [-0.3, -0.25) is 0 Å². The Morgan fingerprint density at radius 2 is 2.05 bits per heavy atom. The molecule has 0 amide bonds. The zero-order chi connectivity index (χ0) is 13.5. The minimum absolute atomic E-state index is 0.126. The van der Waals surface area contributed by atoms with Crippen LogP contribution < -0.4 is 0 Å². The first kappa shape index (κ1) is 12.9. The van der Waals surface area contributed by atoms with Crippen molar-refractivity contribution in [2.24, 2.45) is 0 Å². The maximum Gasteiger partial charge on any atom is 0.104 e. The highest BCUT2D eigenvalue weighted by atomic mass is 32.1. The van der Waals surface area contributed by atoms with Crippen LogP contribution in [0, 0.1) is 0 Å². The van der Waals surface area contributed by atoms with Gasteiger partial charge in [0.25, 0.3) is 0 Å². The van der Waals surface area contributed by atoms with Crippen molar-refractivity contribution >= 4 is 11.3 Å². The first-order valence-corrected chi connectivity index (χ1v) is 7.49. The van der Waals surface area contributed by atoms with Crippen LogP contribution in [0.25, 0.3) is 0 Å². The summed E-state index contributed by atoms with van der Waals surface area (Å²) in [5.74, 6) is 0.126. The van der Waals surface area contributed by atoms with E-state index in [1.807, 2.05) is 24.4 Å². The van der Waals surface area contributed by atoms with E-state index in [-0.39, 0.29) is 5.92 Å². The van der Waals surface area contributed by atoms with Gasteiger partial charge in [0.15, 0.2) is 0 Å². The van der Waals surface area contributed by atoms with Gasteiger partial charge in [-0.05, 0) is 36.5 Å². The number of aliphatic hydroxyl groups is 1. The van der Waals surface area contributed by atoms with Crippen LogP contribution in [0.1, 0.15) is 28.8 Å². The van der Waals surface area contributed by atoms with E-state index in [0.29, 0.717) is 0 Å². The molecule has 0 spiro atoms. The van der Waals surface area contributed by atoms with Crippen LogP contribution in [0.3, 0.4) is 0 Å². The van der Waals surface area contributed by atoms with E-state index in [2.05, 4.69) is 36.2 Å². The molecule has 0 radical (unpaired) electrons. The summed E-state index contributed by atoms with van der Waals surface area (Å²) in [6, 6.07) is 12.5. The highest BCUT2D eigenvalue weighted by Gasteiger charge is 2.39. The third kappa shape index (κ3) is 2.22. The highest BCUT2D eigenvalue weighted by Crippen LogP contribution is 2.42. The molecular weight excluding hydrogens is 254 g/mol. The van der Waals surface area contributed by atoms with E-state index in [4.69, 9.17) is 0 Å². The molecule has 0 saturated heterocycles. The number of hydrogen-bond donors (Lipinski definition) is 1. The molecule has 1 aromatic carbocycles. The Kier molecular flexibility index (Phi) is 3.21. The van der Waals surface area contributed by atoms with Crippen LogP contribution in [0.5, 0.6) is 0 Å². The molecule has 2 nitrogen and oxygen atoms in total. The average Bonchev–Trinajstić information content (AvgIpc) is 2.92. The normalized spacial score (nSPS) is 22.8. The summed E-state index contributed by atoms with van der Waals surface area (Å²) < 4.78 is 0. The Bertz CT molecular complexity index is 562. The predicted molar refractivity (Wildman–Crippen MR) is 79.4 cm³/mol. The maximum atomic E-state index is 11.0. The van der Waals surface area contributed by atoms with Crippen LogP contribution >= 0.6 is 11.3 Å². The lowest BCUT2D eigenvalue weighted by Gasteiger charge is -2.40. The number of hydrogen-bond acceptors (Lipinski definition) is 3. The lowest BCUT2D eigenvalue weighted by Crippen LogP contribution is -2.41.